The molecule has 0 radical (unpaired) electrons. The number of thioether (sulfide) groups is 1. The lowest BCUT2D eigenvalue weighted by molar-refractivity contribution is -0.113. The van der Waals surface area contributed by atoms with Gasteiger partial charge in [-0.05, 0) is 48.9 Å². The number of hydrogen-bond acceptors (Lipinski definition) is 6. The van der Waals surface area contributed by atoms with E-state index in [2.05, 4.69) is 15.5 Å². The molecule has 1 amide bonds. The van der Waals surface area contributed by atoms with Gasteiger partial charge in [0, 0.05) is 16.3 Å². The quantitative estimate of drug-likeness (QED) is 0.622. The molecule has 1 N–H and O–H groups in total. The molecule has 0 aliphatic carbocycles. The van der Waals surface area contributed by atoms with Gasteiger partial charge in [0.05, 0.1) is 18.6 Å². The zero-order valence-electron chi connectivity index (χ0n) is 14.9. The molecule has 0 bridgehead atoms. The maximum absolute atomic E-state index is 12.1. The normalized spacial score (nSPS) is 10.6. The minimum atomic E-state index is -0.111. The fourth-order valence-corrected chi connectivity index (χ4v) is 3.16. The van der Waals surface area contributed by atoms with Gasteiger partial charge in [-0.25, -0.2) is 0 Å². The van der Waals surface area contributed by atoms with E-state index < -0.39 is 0 Å². The van der Waals surface area contributed by atoms with E-state index in [1.807, 2.05) is 37.3 Å². The number of ether oxygens (including phenoxy) is 1. The number of anilines is 1. The van der Waals surface area contributed by atoms with Crippen molar-refractivity contribution >= 4 is 35.0 Å². The zero-order chi connectivity index (χ0) is 19.2. The number of halogens is 1. The van der Waals surface area contributed by atoms with Crippen molar-refractivity contribution in [3.63, 3.8) is 0 Å². The third-order valence-corrected chi connectivity index (χ3v) is 5.14. The molecule has 0 saturated heterocycles. The second kappa shape index (κ2) is 8.92. The second-order valence-electron chi connectivity index (χ2n) is 5.69. The maximum Gasteiger partial charge on any atom is 0.236 e. The molecule has 2 aromatic carbocycles. The van der Waals surface area contributed by atoms with Crippen molar-refractivity contribution < 1.29 is 14.1 Å². The molecule has 8 heteroatoms. The molecule has 0 fully saturated rings. The van der Waals surface area contributed by atoms with Crippen LogP contribution >= 0.6 is 23.4 Å². The van der Waals surface area contributed by atoms with Crippen LogP contribution in [0.2, 0.25) is 5.02 Å². The Hall–Kier alpha value is -2.51. The molecule has 0 aliphatic rings. The number of nitrogens with one attached hydrogen (secondary N) is 1. The van der Waals surface area contributed by atoms with Crippen molar-refractivity contribution in [2.45, 2.75) is 12.7 Å². The molecule has 1 aromatic heterocycles. The van der Waals surface area contributed by atoms with Crippen molar-refractivity contribution in [1.82, 2.24) is 10.1 Å². The first-order valence-electron chi connectivity index (χ1n) is 8.16. The number of aromatic nitrogens is 2. The minimum Gasteiger partial charge on any atom is -0.497 e. The van der Waals surface area contributed by atoms with Gasteiger partial charge < -0.3 is 14.6 Å². The van der Waals surface area contributed by atoms with E-state index in [0.29, 0.717) is 28.2 Å². The summed E-state index contributed by atoms with van der Waals surface area (Å²) in [5.41, 5.74) is 2.40. The Labute approximate surface area is 166 Å². The molecular weight excluding hydrogens is 386 g/mol. The van der Waals surface area contributed by atoms with Gasteiger partial charge in [-0.3, -0.25) is 4.79 Å². The lowest BCUT2D eigenvalue weighted by atomic mass is 10.2. The van der Waals surface area contributed by atoms with Crippen molar-refractivity contribution in [3.05, 3.63) is 58.9 Å². The van der Waals surface area contributed by atoms with Crippen LogP contribution in [0.4, 0.5) is 5.69 Å². The third kappa shape index (κ3) is 5.02. The van der Waals surface area contributed by atoms with Crippen LogP contribution in [0.3, 0.4) is 0 Å². The topological polar surface area (TPSA) is 77.2 Å². The number of methoxy groups -OCH3 is 1. The highest BCUT2D eigenvalue weighted by Gasteiger charge is 2.11. The first-order valence-corrected chi connectivity index (χ1v) is 9.70. The summed E-state index contributed by atoms with van der Waals surface area (Å²) in [5.74, 6) is 2.35. The molecule has 0 atom stereocenters. The van der Waals surface area contributed by atoms with Crippen LogP contribution in [0.1, 0.15) is 11.5 Å². The summed E-state index contributed by atoms with van der Waals surface area (Å²) in [6, 6.07) is 12.8. The smallest absolute Gasteiger partial charge is 0.236 e. The van der Waals surface area contributed by atoms with Crippen molar-refractivity contribution in [2.75, 3.05) is 18.2 Å². The Bertz CT molecular complexity index is 928. The van der Waals surface area contributed by atoms with Crippen LogP contribution < -0.4 is 10.1 Å². The van der Waals surface area contributed by atoms with Gasteiger partial charge in [0.1, 0.15) is 5.75 Å². The fraction of sp³-hybridized carbons (Fsp3) is 0.211. The predicted molar refractivity (Wildman–Crippen MR) is 107 cm³/mol. The zero-order valence-corrected chi connectivity index (χ0v) is 16.4. The monoisotopic (exact) mass is 403 g/mol. The van der Waals surface area contributed by atoms with Gasteiger partial charge in [-0.1, -0.05) is 22.8 Å². The van der Waals surface area contributed by atoms with E-state index in [1.54, 1.807) is 19.2 Å². The van der Waals surface area contributed by atoms with Crippen LogP contribution in [0.15, 0.2) is 47.0 Å². The fourth-order valence-electron chi connectivity index (χ4n) is 2.33. The Kier molecular flexibility index (Phi) is 6.36. The molecular formula is C19H18ClN3O3S. The molecule has 3 aromatic rings. The summed E-state index contributed by atoms with van der Waals surface area (Å²) < 4.78 is 10.4. The molecule has 140 valence electrons. The lowest BCUT2D eigenvalue weighted by Gasteiger charge is -2.08. The number of benzene rings is 2. The van der Waals surface area contributed by atoms with E-state index in [9.17, 15) is 4.79 Å². The van der Waals surface area contributed by atoms with Gasteiger partial charge in [0.2, 0.25) is 17.6 Å². The van der Waals surface area contributed by atoms with Gasteiger partial charge in [0.15, 0.2) is 0 Å². The van der Waals surface area contributed by atoms with E-state index >= 15 is 0 Å². The number of hydrogen-bond donors (Lipinski definition) is 1. The number of carbonyl (C=O) groups excluding carboxylic acids is 1. The Morgan fingerprint density at radius 2 is 2.04 bits per heavy atom. The summed E-state index contributed by atoms with van der Waals surface area (Å²) in [6.45, 7) is 1.87. The molecule has 27 heavy (non-hydrogen) atoms. The SMILES string of the molecule is COc1ccc(-c2noc(CSCC(=O)Nc3cccc(Cl)c3C)n2)cc1. The summed E-state index contributed by atoms with van der Waals surface area (Å²) in [6.07, 6.45) is 0. The van der Waals surface area contributed by atoms with Gasteiger partial charge in [-0.2, -0.15) is 4.98 Å². The van der Waals surface area contributed by atoms with Crippen molar-refractivity contribution in [2.24, 2.45) is 0 Å². The molecule has 0 saturated carbocycles. The van der Waals surface area contributed by atoms with Crippen LogP contribution in [-0.2, 0) is 10.5 Å². The van der Waals surface area contributed by atoms with Crippen molar-refractivity contribution in [1.29, 1.82) is 0 Å². The molecule has 3 rings (SSSR count). The average molecular weight is 404 g/mol. The van der Waals surface area contributed by atoms with E-state index in [0.717, 1.165) is 16.9 Å². The van der Waals surface area contributed by atoms with Crippen molar-refractivity contribution in [3.8, 4) is 17.1 Å². The highest BCUT2D eigenvalue weighted by Crippen LogP contribution is 2.24. The van der Waals surface area contributed by atoms with Gasteiger partial charge in [0.25, 0.3) is 0 Å². The minimum absolute atomic E-state index is 0.111. The Morgan fingerprint density at radius 1 is 1.26 bits per heavy atom. The number of rotatable bonds is 7. The molecule has 0 spiro atoms. The first kappa shape index (κ1) is 19.3. The number of amides is 1. The third-order valence-electron chi connectivity index (χ3n) is 3.82. The second-order valence-corrected chi connectivity index (χ2v) is 7.09. The van der Waals surface area contributed by atoms with Gasteiger partial charge in [-0.15, -0.1) is 11.8 Å². The summed E-state index contributed by atoms with van der Waals surface area (Å²) >= 11 is 7.46. The predicted octanol–water partition coefficient (Wildman–Crippen LogP) is 4.58. The lowest BCUT2D eigenvalue weighted by Crippen LogP contribution is -2.15. The van der Waals surface area contributed by atoms with Crippen LogP contribution in [0, 0.1) is 6.92 Å². The van der Waals surface area contributed by atoms with Crippen LogP contribution in [-0.4, -0.2) is 28.9 Å². The van der Waals surface area contributed by atoms with E-state index in [1.165, 1.54) is 11.8 Å². The summed E-state index contributed by atoms with van der Waals surface area (Å²) in [7, 11) is 1.61. The Balaban J connectivity index is 1.51. The molecule has 6 nitrogen and oxygen atoms in total. The standard InChI is InChI=1S/C19H18ClN3O3S/c1-12-15(20)4-3-5-16(12)21-17(24)10-27-11-18-22-19(23-26-18)13-6-8-14(25-2)9-7-13/h3-9H,10-11H2,1-2H3,(H,21,24). The summed E-state index contributed by atoms with van der Waals surface area (Å²) in [4.78, 5) is 16.5. The maximum atomic E-state index is 12.1. The Morgan fingerprint density at radius 3 is 2.78 bits per heavy atom. The largest absolute Gasteiger partial charge is 0.497 e. The number of nitrogens with zero attached hydrogens (tertiary/aromatic N) is 2. The average Bonchev–Trinajstić information content (AvgIpc) is 3.14. The van der Waals surface area contributed by atoms with Crippen LogP contribution in [0.5, 0.6) is 5.75 Å². The summed E-state index contributed by atoms with van der Waals surface area (Å²) in [5, 5.41) is 7.45. The van der Waals surface area contributed by atoms with Crippen LogP contribution in [0.25, 0.3) is 11.4 Å². The van der Waals surface area contributed by atoms with E-state index in [4.69, 9.17) is 20.9 Å². The molecule has 0 unspecified atom stereocenters. The highest BCUT2D eigenvalue weighted by atomic mass is 35.5. The highest BCUT2D eigenvalue weighted by molar-refractivity contribution is 7.99. The molecule has 0 aliphatic heterocycles. The first-order chi connectivity index (χ1) is 13.1. The molecule has 1 heterocycles. The number of carbonyl (C=O) groups is 1. The van der Waals surface area contributed by atoms with E-state index in [-0.39, 0.29) is 11.7 Å². The van der Waals surface area contributed by atoms with Gasteiger partial charge >= 0.3 is 0 Å².